The zero-order chi connectivity index (χ0) is 13.1. The van der Waals surface area contributed by atoms with Crippen LogP contribution >= 0.6 is 34.2 Å². The Morgan fingerprint density at radius 2 is 1.83 bits per heavy atom. The van der Waals surface area contributed by atoms with E-state index >= 15 is 0 Å². The van der Waals surface area contributed by atoms with Gasteiger partial charge in [0.15, 0.2) is 5.78 Å². The summed E-state index contributed by atoms with van der Waals surface area (Å²) in [7, 11) is 0. The van der Waals surface area contributed by atoms with Crippen molar-refractivity contribution in [1.82, 2.24) is 0 Å². The first-order valence-corrected chi connectivity index (χ1v) is 6.74. The molecule has 2 aromatic rings. The summed E-state index contributed by atoms with van der Waals surface area (Å²) < 4.78 is 14.0. The molecule has 0 radical (unpaired) electrons. The predicted octanol–water partition coefficient (Wildman–Crippen LogP) is 4.51. The van der Waals surface area contributed by atoms with Crippen molar-refractivity contribution < 1.29 is 9.18 Å². The van der Waals surface area contributed by atoms with Crippen molar-refractivity contribution in [2.75, 3.05) is 0 Å². The second-order valence-electron chi connectivity index (χ2n) is 3.84. The minimum atomic E-state index is -0.398. The van der Waals surface area contributed by atoms with Gasteiger partial charge in [-0.3, -0.25) is 4.79 Å². The highest BCUT2D eigenvalue weighted by molar-refractivity contribution is 14.1. The predicted molar refractivity (Wildman–Crippen MR) is 78.6 cm³/mol. The van der Waals surface area contributed by atoms with E-state index in [9.17, 15) is 9.18 Å². The van der Waals surface area contributed by atoms with E-state index < -0.39 is 5.82 Å². The monoisotopic (exact) mass is 374 g/mol. The standard InChI is InChI=1S/C14H9ClFIO/c15-13-8-11(16)4-1-10(13)7-14(18)9-2-5-12(17)6-3-9/h1-6,8H,7H2. The normalized spacial score (nSPS) is 10.4. The van der Waals surface area contributed by atoms with E-state index in [-0.39, 0.29) is 17.2 Å². The lowest BCUT2D eigenvalue weighted by atomic mass is 10.0. The first-order chi connectivity index (χ1) is 8.56. The van der Waals surface area contributed by atoms with E-state index in [0.29, 0.717) is 11.1 Å². The van der Waals surface area contributed by atoms with E-state index in [1.165, 1.54) is 12.1 Å². The fourth-order valence-electron chi connectivity index (χ4n) is 1.58. The van der Waals surface area contributed by atoms with Crippen molar-refractivity contribution >= 4 is 40.0 Å². The van der Waals surface area contributed by atoms with Crippen LogP contribution in [0.2, 0.25) is 5.02 Å². The lowest BCUT2D eigenvalue weighted by Crippen LogP contribution is -2.04. The van der Waals surface area contributed by atoms with E-state index in [1.807, 2.05) is 12.1 Å². The fraction of sp³-hybridized carbons (Fsp3) is 0.0714. The lowest BCUT2D eigenvalue weighted by molar-refractivity contribution is 0.0993. The summed E-state index contributed by atoms with van der Waals surface area (Å²) in [6, 6.07) is 11.4. The molecule has 0 aliphatic carbocycles. The molecule has 0 bridgehead atoms. The molecule has 1 nitrogen and oxygen atoms in total. The van der Waals surface area contributed by atoms with Crippen molar-refractivity contribution in [3.63, 3.8) is 0 Å². The zero-order valence-electron chi connectivity index (χ0n) is 9.29. The maximum absolute atomic E-state index is 12.9. The Morgan fingerprint density at radius 1 is 1.17 bits per heavy atom. The number of hydrogen-bond acceptors (Lipinski definition) is 1. The number of rotatable bonds is 3. The molecule has 0 saturated heterocycles. The first-order valence-electron chi connectivity index (χ1n) is 5.29. The molecule has 0 aliphatic heterocycles. The second-order valence-corrected chi connectivity index (χ2v) is 5.50. The van der Waals surface area contributed by atoms with Crippen LogP contribution in [-0.2, 0) is 6.42 Å². The van der Waals surface area contributed by atoms with Crippen molar-refractivity contribution in [3.05, 3.63) is 68.0 Å². The Kier molecular flexibility index (Phi) is 4.35. The lowest BCUT2D eigenvalue weighted by Gasteiger charge is -2.04. The van der Waals surface area contributed by atoms with Crippen LogP contribution in [0.5, 0.6) is 0 Å². The number of ketones is 1. The number of halogens is 3. The van der Waals surface area contributed by atoms with Crippen molar-refractivity contribution in [2.45, 2.75) is 6.42 Å². The van der Waals surface area contributed by atoms with Crippen LogP contribution < -0.4 is 0 Å². The Labute approximate surface area is 123 Å². The van der Waals surface area contributed by atoms with Crippen LogP contribution in [0.4, 0.5) is 4.39 Å². The number of carbonyl (C=O) groups is 1. The largest absolute Gasteiger partial charge is 0.294 e. The topological polar surface area (TPSA) is 17.1 Å². The molecular formula is C14H9ClFIO. The molecule has 0 spiro atoms. The van der Waals surface area contributed by atoms with Crippen LogP contribution in [-0.4, -0.2) is 5.78 Å². The number of hydrogen-bond donors (Lipinski definition) is 0. The molecule has 2 aromatic carbocycles. The Balaban J connectivity index is 2.18. The summed E-state index contributed by atoms with van der Waals surface area (Å²) in [6.07, 6.45) is 0.180. The molecule has 0 saturated carbocycles. The zero-order valence-corrected chi connectivity index (χ0v) is 12.2. The SMILES string of the molecule is O=C(Cc1ccc(F)cc1Cl)c1ccc(I)cc1. The average molecular weight is 375 g/mol. The van der Waals surface area contributed by atoms with Gasteiger partial charge in [-0.1, -0.05) is 29.8 Å². The molecule has 92 valence electrons. The van der Waals surface area contributed by atoms with Gasteiger partial charge in [0.05, 0.1) is 0 Å². The second kappa shape index (κ2) is 5.80. The van der Waals surface area contributed by atoms with E-state index in [2.05, 4.69) is 22.6 Å². The van der Waals surface area contributed by atoms with E-state index in [1.54, 1.807) is 18.2 Å². The molecule has 4 heteroatoms. The highest BCUT2D eigenvalue weighted by Gasteiger charge is 2.10. The molecule has 0 amide bonds. The molecule has 0 aliphatic rings. The summed E-state index contributed by atoms with van der Waals surface area (Å²) in [5, 5.41) is 0.286. The molecule has 0 fully saturated rings. The average Bonchev–Trinajstić information content (AvgIpc) is 2.33. The van der Waals surface area contributed by atoms with Gasteiger partial charge in [0, 0.05) is 20.6 Å². The van der Waals surface area contributed by atoms with Gasteiger partial charge >= 0.3 is 0 Å². The Morgan fingerprint density at radius 3 is 2.44 bits per heavy atom. The van der Waals surface area contributed by atoms with Gasteiger partial charge in [-0.15, -0.1) is 0 Å². The van der Waals surface area contributed by atoms with Gasteiger partial charge in [0.2, 0.25) is 0 Å². The summed E-state index contributed by atoms with van der Waals surface area (Å²) in [5.41, 5.74) is 1.28. The minimum absolute atomic E-state index is 0.0279. The third-order valence-electron chi connectivity index (χ3n) is 2.53. The van der Waals surface area contributed by atoms with Crippen molar-refractivity contribution in [1.29, 1.82) is 0 Å². The molecule has 0 heterocycles. The van der Waals surface area contributed by atoms with Gasteiger partial charge in [-0.05, 0) is 52.4 Å². The van der Waals surface area contributed by atoms with Crippen LogP contribution in [0.3, 0.4) is 0 Å². The number of Topliss-reactive ketones (excluding diaryl/α,β-unsaturated/α-hetero) is 1. The molecule has 2 rings (SSSR count). The Hall–Kier alpha value is -0.940. The number of carbonyl (C=O) groups excluding carboxylic acids is 1. The van der Waals surface area contributed by atoms with Crippen molar-refractivity contribution in [3.8, 4) is 0 Å². The summed E-state index contributed by atoms with van der Waals surface area (Å²) >= 11 is 8.07. The van der Waals surface area contributed by atoms with Crippen molar-refractivity contribution in [2.24, 2.45) is 0 Å². The fourth-order valence-corrected chi connectivity index (χ4v) is 2.17. The molecular weight excluding hydrogens is 366 g/mol. The summed E-state index contributed by atoms with van der Waals surface area (Å²) in [6.45, 7) is 0. The maximum Gasteiger partial charge on any atom is 0.167 e. The molecule has 0 atom stereocenters. The van der Waals surface area contributed by atoms with Gasteiger partial charge in [0.1, 0.15) is 5.82 Å². The van der Waals surface area contributed by atoms with Crippen LogP contribution in [0.25, 0.3) is 0 Å². The number of benzene rings is 2. The Bertz CT molecular complexity index is 581. The smallest absolute Gasteiger partial charge is 0.167 e. The molecule has 0 aromatic heterocycles. The van der Waals surface area contributed by atoms with Gasteiger partial charge < -0.3 is 0 Å². The maximum atomic E-state index is 12.9. The highest BCUT2D eigenvalue weighted by Crippen LogP contribution is 2.19. The summed E-state index contributed by atoms with van der Waals surface area (Å²) in [5.74, 6) is -0.426. The van der Waals surface area contributed by atoms with Gasteiger partial charge in [-0.2, -0.15) is 0 Å². The van der Waals surface area contributed by atoms with E-state index in [0.717, 1.165) is 3.57 Å². The van der Waals surface area contributed by atoms with Crippen LogP contribution in [0.1, 0.15) is 15.9 Å². The quantitative estimate of drug-likeness (QED) is 0.571. The minimum Gasteiger partial charge on any atom is -0.294 e. The van der Waals surface area contributed by atoms with Gasteiger partial charge in [0.25, 0.3) is 0 Å². The van der Waals surface area contributed by atoms with E-state index in [4.69, 9.17) is 11.6 Å². The third-order valence-corrected chi connectivity index (χ3v) is 3.60. The van der Waals surface area contributed by atoms with Crippen LogP contribution in [0, 0.1) is 9.39 Å². The summed E-state index contributed by atoms with van der Waals surface area (Å²) in [4.78, 5) is 12.0. The third kappa shape index (κ3) is 3.29. The van der Waals surface area contributed by atoms with Crippen LogP contribution in [0.15, 0.2) is 42.5 Å². The molecule has 0 unspecified atom stereocenters. The first kappa shape index (κ1) is 13.5. The van der Waals surface area contributed by atoms with Gasteiger partial charge in [-0.25, -0.2) is 4.39 Å². The molecule has 0 N–H and O–H groups in total. The molecule has 18 heavy (non-hydrogen) atoms. The highest BCUT2D eigenvalue weighted by atomic mass is 127.